The number of benzene rings is 3. The van der Waals surface area contributed by atoms with E-state index in [2.05, 4.69) is 64.0 Å². The minimum Gasteiger partial charge on any atom is -0.276 e. The Morgan fingerprint density at radius 3 is 2.54 bits per heavy atom. The highest BCUT2D eigenvalue weighted by Gasteiger charge is 2.28. The van der Waals surface area contributed by atoms with E-state index in [-0.39, 0.29) is 0 Å². The van der Waals surface area contributed by atoms with E-state index in [1.54, 1.807) is 0 Å². The van der Waals surface area contributed by atoms with Crippen molar-refractivity contribution in [1.82, 2.24) is 19.4 Å². The molecule has 0 N–H and O–H groups in total. The van der Waals surface area contributed by atoms with Crippen molar-refractivity contribution < 1.29 is 0 Å². The Hall–Kier alpha value is -4.57. The minimum absolute atomic E-state index is 0.894. The maximum absolute atomic E-state index is 5.00. The lowest BCUT2D eigenvalue weighted by Gasteiger charge is -2.12. The van der Waals surface area contributed by atoms with Gasteiger partial charge in [0.25, 0.3) is 0 Å². The van der Waals surface area contributed by atoms with Crippen LogP contribution >= 0.6 is 0 Å². The molecule has 0 atom stereocenters. The molecule has 0 unspecified atom stereocenters. The Bertz CT molecular complexity index is 2070. The first-order valence-corrected chi connectivity index (χ1v) is 12.0. The van der Waals surface area contributed by atoms with E-state index in [1.807, 2.05) is 30.7 Å². The molecule has 7 aromatic rings. The van der Waals surface area contributed by atoms with Gasteiger partial charge in [-0.3, -0.25) is 9.38 Å². The van der Waals surface area contributed by atoms with Crippen molar-refractivity contribution in [3.63, 3.8) is 0 Å². The zero-order chi connectivity index (χ0) is 22.7. The van der Waals surface area contributed by atoms with Crippen LogP contribution in [0.15, 0.2) is 85.3 Å². The van der Waals surface area contributed by atoms with Crippen LogP contribution in [-0.2, 0) is 12.8 Å². The van der Waals surface area contributed by atoms with Gasteiger partial charge in [0.2, 0.25) is 0 Å². The normalized spacial score (nSPS) is 13.5. The molecule has 2 aliphatic carbocycles. The molecular formula is C31H18N4. The minimum atomic E-state index is 0.894. The molecule has 4 nitrogen and oxygen atoms in total. The third kappa shape index (κ3) is 2.15. The van der Waals surface area contributed by atoms with Gasteiger partial charge in [0.15, 0.2) is 0 Å². The molecule has 9 rings (SSSR count). The van der Waals surface area contributed by atoms with Crippen LogP contribution in [0.3, 0.4) is 0 Å². The highest BCUT2D eigenvalue weighted by molar-refractivity contribution is 6.16. The van der Waals surface area contributed by atoms with Gasteiger partial charge < -0.3 is 0 Å². The quantitative estimate of drug-likeness (QED) is 0.243. The zero-order valence-corrected chi connectivity index (χ0v) is 18.8. The van der Waals surface area contributed by atoms with Gasteiger partial charge in [-0.25, -0.2) is 9.97 Å². The molecule has 0 saturated heterocycles. The fourth-order valence-corrected chi connectivity index (χ4v) is 6.50. The summed E-state index contributed by atoms with van der Waals surface area (Å²) >= 11 is 0. The van der Waals surface area contributed by atoms with Crippen molar-refractivity contribution in [3.05, 3.63) is 108 Å². The Labute approximate surface area is 200 Å². The van der Waals surface area contributed by atoms with Gasteiger partial charge in [0.05, 0.1) is 11.7 Å². The van der Waals surface area contributed by atoms with E-state index >= 15 is 0 Å². The van der Waals surface area contributed by atoms with Crippen molar-refractivity contribution in [2.24, 2.45) is 0 Å². The molecular weight excluding hydrogens is 428 g/mol. The van der Waals surface area contributed by atoms with Crippen LogP contribution in [0.5, 0.6) is 0 Å². The number of fused-ring (bicyclic) bond motifs is 15. The predicted molar refractivity (Wildman–Crippen MR) is 140 cm³/mol. The van der Waals surface area contributed by atoms with E-state index in [9.17, 15) is 0 Å². The lowest BCUT2D eigenvalue weighted by Crippen LogP contribution is -1.96. The number of hydrogen-bond acceptors (Lipinski definition) is 3. The average molecular weight is 447 g/mol. The largest absolute Gasteiger partial charge is 0.276 e. The van der Waals surface area contributed by atoms with Crippen molar-refractivity contribution in [2.75, 3.05) is 0 Å². The smallest absolute Gasteiger partial charge is 0.147 e. The third-order valence-corrected chi connectivity index (χ3v) is 7.95. The number of imidazole rings is 1. The second-order valence-corrected chi connectivity index (χ2v) is 9.70. The van der Waals surface area contributed by atoms with Crippen LogP contribution < -0.4 is 0 Å². The molecule has 0 radical (unpaired) electrons. The van der Waals surface area contributed by atoms with Crippen molar-refractivity contribution in [3.8, 4) is 22.3 Å². The van der Waals surface area contributed by atoms with E-state index in [1.165, 1.54) is 60.7 Å². The van der Waals surface area contributed by atoms with Crippen LogP contribution in [0.2, 0.25) is 0 Å². The summed E-state index contributed by atoms with van der Waals surface area (Å²) in [5.41, 5.74) is 15.0. The lowest BCUT2D eigenvalue weighted by atomic mass is 9.96. The number of pyridine rings is 3. The summed E-state index contributed by atoms with van der Waals surface area (Å²) in [4.78, 5) is 14.1. The first-order valence-electron chi connectivity index (χ1n) is 12.0. The topological polar surface area (TPSA) is 43.1 Å². The fraction of sp³-hybridized carbons (Fsp3) is 0.0645. The average Bonchev–Trinajstić information content (AvgIpc) is 3.58. The summed E-state index contributed by atoms with van der Waals surface area (Å²) in [6.07, 6.45) is 7.50. The maximum Gasteiger partial charge on any atom is 0.147 e. The van der Waals surface area contributed by atoms with Crippen molar-refractivity contribution in [1.29, 1.82) is 0 Å². The first-order chi connectivity index (χ1) is 17.3. The second kappa shape index (κ2) is 6.10. The molecule has 4 heteroatoms. The van der Waals surface area contributed by atoms with Crippen LogP contribution in [0, 0.1) is 0 Å². The Morgan fingerprint density at radius 1 is 0.657 bits per heavy atom. The maximum atomic E-state index is 5.00. The van der Waals surface area contributed by atoms with Gasteiger partial charge in [-0.1, -0.05) is 36.4 Å². The monoisotopic (exact) mass is 446 g/mol. The van der Waals surface area contributed by atoms with Crippen molar-refractivity contribution >= 4 is 38.5 Å². The predicted octanol–water partition coefficient (Wildman–Crippen LogP) is 6.73. The van der Waals surface area contributed by atoms with Gasteiger partial charge in [-0.2, -0.15) is 0 Å². The number of aromatic nitrogens is 4. The molecule has 0 spiro atoms. The molecule has 0 amide bonds. The number of rotatable bonds is 0. The van der Waals surface area contributed by atoms with E-state index in [0.29, 0.717) is 0 Å². The Kier molecular flexibility index (Phi) is 3.11. The van der Waals surface area contributed by atoms with E-state index in [4.69, 9.17) is 9.97 Å². The Balaban J connectivity index is 1.40. The zero-order valence-electron chi connectivity index (χ0n) is 18.8. The van der Waals surface area contributed by atoms with Crippen LogP contribution in [0.4, 0.5) is 0 Å². The van der Waals surface area contributed by atoms with Crippen molar-refractivity contribution in [2.45, 2.75) is 12.8 Å². The molecule has 0 bridgehead atoms. The van der Waals surface area contributed by atoms with Gasteiger partial charge in [0.1, 0.15) is 16.8 Å². The summed E-state index contributed by atoms with van der Waals surface area (Å²) in [7, 11) is 0. The standard InChI is InChI=1S/C31H18N4/c1-2-5-20-17(4-1)12-18-13-19-14-26-21(25(19)15-24(18)20)7-8-23-29(26)22-6-3-10-33-30(22)35-28-9-11-32-16-27(28)34-31(23)35/h1-11,13,15-16H,12,14H2. The summed E-state index contributed by atoms with van der Waals surface area (Å²) in [6.45, 7) is 0. The molecule has 2 aliphatic rings. The molecule has 4 heterocycles. The summed E-state index contributed by atoms with van der Waals surface area (Å²) in [5.74, 6) is 0. The lowest BCUT2D eigenvalue weighted by molar-refractivity contribution is 1.21. The number of hydrogen-bond donors (Lipinski definition) is 0. The van der Waals surface area contributed by atoms with Gasteiger partial charge in [0, 0.05) is 28.6 Å². The highest BCUT2D eigenvalue weighted by Crippen LogP contribution is 2.47. The summed E-state index contributed by atoms with van der Waals surface area (Å²) in [5, 5.41) is 3.62. The molecule has 162 valence electrons. The Morgan fingerprint density at radius 2 is 1.54 bits per heavy atom. The number of nitrogens with zero attached hydrogens (tertiary/aromatic N) is 4. The second-order valence-electron chi connectivity index (χ2n) is 9.70. The van der Waals surface area contributed by atoms with E-state index in [0.717, 1.165) is 35.2 Å². The third-order valence-electron chi connectivity index (χ3n) is 7.95. The summed E-state index contributed by atoms with van der Waals surface area (Å²) in [6, 6.07) is 24.5. The molecule has 3 aromatic carbocycles. The molecule has 0 aliphatic heterocycles. The highest BCUT2D eigenvalue weighted by atomic mass is 15.1. The van der Waals surface area contributed by atoms with Gasteiger partial charge in [-0.15, -0.1) is 0 Å². The SMILES string of the molecule is c1ccc2c(c1)Cc1cc3c(cc1-2)-c1ccc2c(c1C3)c1cccnc1n1c3ccncc3nc21. The molecule has 4 aromatic heterocycles. The first kappa shape index (κ1) is 17.8. The summed E-state index contributed by atoms with van der Waals surface area (Å²) < 4.78 is 2.19. The van der Waals surface area contributed by atoms with Gasteiger partial charge >= 0.3 is 0 Å². The molecule has 35 heavy (non-hydrogen) atoms. The van der Waals surface area contributed by atoms with Gasteiger partial charge in [-0.05, 0) is 87.7 Å². The van der Waals surface area contributed by atoms with E-state index < -0.39 is 0 Å². The fourth-order valence-electron chi connectivity index (χ4n) is 6.50. The van der Waals surface area contributed by atoms with Crippen LogP contribution in [-0.4, -0.2) is 19.4 Å². The molecule has 0 fully saturated rings. The molecule has 0 saturated carbocycles. The van der Waals surface area contributed by atoms with Crippen LogP contribution in [0.25, 0.3) is 60.7 Å². The van der Waals surface area contributed by atoms with Crippen LogP contribution in [0.1, 0.15) is 22.3 Å².